The highest BCUT2D eigenvalue weighted by atomic mass is 79.9. The monoisotopic (exact) mass is 357 g/mol. The first-order valence-electron chi connectivity index (χ1n) is 6.52. The summed E-state index contributed by atoms with van der Waals surface area (Å²) in [4.78, 5) is 0. The maximum Gasteiger partial charge on any atom is 0.416 e. The molecule has 0 saturated carbocycles. The van der Waals surface area contributed by atoms with Gasteiger partial charge in [0.15, 0.2) is 0 Å². The van der Waals surface area contributed by atoms with Crippen molar-refractivity contribution in [2.75, 3.05) is 6.54 Å². The molecule has 0 fully saturated rings. The lowest BCUT2D eigenvalue weighted by molar-refractivity contribution is -0.137. The van der Waals surface area contributed by atoms with Gasteiger partial charge in [-0.25, -0.2) is 0 Å². The molecule has 1 atom stereocenters. The summed E-state index contributed by atoms with van der Waals surface area (Å²) in [6.07, 6.45) is -3.83. The smallest absolute Gasteiger partial charge is 0.330 e. The minimum absolute atomic E-state index is 0.00147. The molecule has 0 bridgehead atoms. The first-order chi connectivity index (χ1) is 9.90. The van der Waals surface area contributed by atoms with Crippen molar-refractivity contribution in [3.63, 3.8) is 0 Å². The van der Waals surface area contributed by atoms with Crippen molar-refractivity contribution >= 4 is 15.9 Å². The SMILES string of the molecule is NCC(Cc1cccc(C(F)(F)F)c1)c1ccc(Br)cc1. The van der Waals surface area contributed by atoms with Crippen molar-refractivity contribution in [1.82, 2.24) is 0 Å². The summed E-state index contributed by atoms with van der Waals surface area (Å²) in [7, 11) is 0. The second kappa shape index (κ2) is 6.62. The molecule has 21 heavy (non-hydrogen) atoms. The molecule has 1 nitrogen and oxygen atoms in total. The van der Waals surface area contributed by atoms with Crippen molar-refractivity contribution in [1.29, 1.82) is 0 Å². The molecule has 0 aromatic heterocycles. The number of halogens is 4. The molecular formula is C16H15BrF3N. The minimum Gasteiger partial charge on any atom is -0.330 e. The van der Waals surface area contributed by atoms with Crippen molar-refractivity contribution in [3.05, 3.63) is 69.7 Å². The number of hydrogen-bond acceptors (Lipinski definition) is 1. The fourth-order valence-corrected chi connectivity index (χ4v) is 2.50. The molecule has 112 valence electrons. The van der Waals surface area contributed by atoms with E-state index in [9.17, 15) is 13.2 Å². The van der Waals surface area contributed by atoms with Crippen molar-refractivity contribution in [2.24, 2.45) is 5.73 Å². The Morgan fingerprint density at radius 1 is 1.05 bits per heavy atom. The summed E-state index contributed by atoms with van der Waals surface area (Å²) in [6, 6.07) is 13.1. The van der Waals surface area contributed by atoms with Gasteiger partial charge in [-0.1, -0.05) is 46.3 Å². The Balaban J connectivity index is 2.21. The zero-order valence-corrected chi connectivity index (χ0v) is 12.8. The molecule has 1 unspecified atom stereocenters. The van der Waals surface area contributed by atoms with Gasteiger partial charge in [0.25, 0.3) is 0 Å². The van der Waals surface area contributed by atoms with Crippen LogP contribution in [0.15, 0.2) is 53.0 Å². The Kier molecular flexibility index (Phi) is 5.06. The largest absolute Gasteiger partial charge is 0.416 e. The van der Waals surface area contributed by atoms with Gasteiger partial charge >= 0.3 is 6.18 Å². The number of alkyl halides is 3. The number of nitrogens with two attached hydrogens (primary N) is 1. The lowest BCUT2D eigenvalue weighted by Gasteiger charge is -2.16. The first kappa shape index (κ1) is 16.0. The van der Waals surface area contributed by atoms with Crippen LogP contribution in [0.25, 0.3) is 0 Å². The minimum atomic E-state index is -4.31. The highest BCUT2D eigenvalue weighted by molar-refractivity contribution is 9.10. The van der Waals surface area contributed by atoms with E-state index in [1.54, 1.807) is 6.07 Å². The zero-order valence-electron chi connectivity index (χ0n) is 11.2. The zero-order chi connectivity index (χ0) is 15.5. The van der Waals surface area contributed by atoms with E-state index in [1.807, 2.05) is 24.3 Å². The third-order valence-corrected chi connectivity index (χ3v) is 3.89. The van der Waals surface area contributed by atoms with Gasteiger partial charge in [0.05, 0.1) is 5.56 Å². The fraction of sp³-hybridized carbons (Fsp3) is 0.250. The normalized spacial score (nSPS) is 13.2. The van der Waals surface area contributed by atoms with Crippen molar-refractivity contribution in [3.8, 4) is 0 Å². The quantitative estimate of drug-likeness (QED) is 0.839. The molecule has 0 spiro atoms. The third-order valence-electron chi connectivity index (χ3n) is 3.36. The highest BCUT2D eigenvalue weighted by Gasteiger charge is 2.30. The molecule has 0 heterocycles. The molecule has 0 aliphatic carbocycles. The predicted molar refractivity (Wildman–Crippen MR) is 81.1 cm³/mol. The van der Waals surface area contributed by atoms with Crippen LogP contribution in [-0.2, 0) is 12.6 Å². The van der Waals surface area contributed by atoms with Gasteiger partial charge in [0.2, 0.25) is 0 Å². The standard InChI is InChI=1S/C16H15BrF3N/c17-15-6-4-12(5-7-15)13(10-21)8-11-2-1-3-14(9-11)16(18,19)20/h1-7,9,13H,8,10,21H2. The molecule has 0 saturated heterocycles. The lowest BCUT2D eigenvalue weighted by atomic mass is 9.91. The van der Waals surface area contributed by atoms with Gasteiger partial charge < -0.3 is 5.73 Å². The van der Waals surface area contributed by atoms with Crippen LogP contribution in [0.1, 0.15) is 22.6 Å². The van der Waals surface area contributed by atoms with Crippen LogP contribution in [0.4, 0.5) is 13.2 Å². The molecule has 2 aromatic rings. The highest BCUT2D eigenvalue weighted by Crippen LogP contribution is 2.30. The van der Waals surface area contributed by atoms with Gasteiger partial charge in [-0.3, -0.25) is 0 Å². The van der Waals surface area contributed by atoms with E-state index >= 15 is 0 Å². The molecule has 2 aromatic carbocycles. The van der Waals surface area contributed by atoms with E-state index in [2.05, 4.69) is 15.9 Å². The summed E-state index contributed by atoms with van der Waals surface area (Å²) in [6.45, 7) is 0.387. The van der Waals surface area contributed by atoms with Gasteiger partial charge in [-0.15, -0.1) is 0 Å². The van der Waals surface area contributed by atoms with E-state index in [4.69, 9.17) is 5.73 Å². The van der Waals surface area contributed by atoms with Crippen molar-refractivity contribution < 1.29 is 13.2 Å². The van der Waals surface area contributed by atoms with Crippen molar-refractivity contribution in [2.45, 2.75) is 18.5 Å². The van der Waals surface area contributed by atoms with Crippen LogP contribution in [-0.4, -0.2) is 6.54 Å². The van der Waals surface area contributed by atoms with Crippen LogP contribution in [0.5, 0.6) is 0 Å². The predicted octanol–water partition coefficient (Wildman–Crippen LogP) is 4.75. The molecule has 5 heteroatoms. The Bertz CT molecular complexity index is 593. The Morgan fingerprint density at radius 3 is 2.29 bits per heavy atom. The maximum atomic E-state index is 12.7. The number of hydrogen-bond donors (Lipinski definition) is 1. The summed E-state index contributed by atoms with van der Waals surface area (Å²) in [5.74, 6) is 0.00147. The molecular weight excluding hydrogens is 343 g/mol. The van der Waals surface area contributed by atoms with Crippen LogP contribution in [0, 0.1) is 0 Å². The topological polar surface area (TPSA) is 26.0 Å². The Morgan fingerprint density at radius 2 is 1.71 bits per heavy atom. The fourth-order valence-electron chi connectivity index (χ4n) is 2.23. The van der Waals surface area contributed by atoms with Crippen LogP contribution < -0.4 is 5.73 Å². The van der Waals surface area contributed by atoms with Crippen LogP contribution >= 0.6 is 15.9 Å². The molecule has 0 aliphatic rings. The first-order valence-corrected chi connectivity index (χ1v) is 7.31. The van der Waals surface area contributed by atoms with E-state index in [0.29, 0.717) is 18.5 Å². The van der Waals surface area contributed by atoms with Gasteiger partial charge in [-0.05, 0) is 42.3 Å². The summed E-state index contributed by atoms with van der Waals surface area (Å²) < 4.78 is 39.1. The van der Waals surface area contributed by atoms with Gasteiger partial charge in [0, 0.05) is 10.4 Å². The second-order valence-electron chi connectivity index (χ2n) is 4.89. The van der Waals surface area contributed by atoms with E-state index in [0.717, 1.165) is 16.1 Å². The summed E-state index contributed by atoms with van der Waals surface area (Å²) in [5.41, 5.74) is 6.83. The molecule has 0 aliphatic heterocycles. The number of benzene rings is 2. The van der Waals surface area contributed by atoms with Crippen LogP contribution in [0.2, 0.25) is 0 Å². The van der Waals surface area contributed by atoms with E-state index in [-0.39, 0.29) is 5.92 Å². The molecule has 2 rings (SSSR count). The molecule has 2 N–H and O–H groups in total. The number of rotatable bonds is 4. The maximum absolute atomic E-state index is 12.7. The van der Waals surface area contributed by atoms with E-state index < -0.39 is 11.7 Å². The Hall–Kier alpha value is -1.33. The van der Waals surface area contributed by atoms with Gasteiger partial charge in [-0.2, -0.15) is 13.2 Å². The van der Waals surface area contributed by atoms with Gasteiger partial charge in [0.1, 0.15) is 0 Å². The third kappa shape index (κ3) is 4.32. The average Bonchev–Trinajstić information content (AvgIpc) is 2.45. The van der Waals surface area contributed by atoms with E-state index in [1.165, 1.54) is 12.1 Å². The summed E-state index contributed by atoms with van der Waals surface area (Å²) in [5, 5.41) is 0. The lowest BCUT2D eigenvalue weighted by Crippen LogP contribution is -2.15. The summed E-state index contributed by atoms with van der Waals surface area (Å²) >= 11 is 3.36. The second-order valence-corrected chi connectivity index (χ2v) is 5.80. The Labute approximate surface area is 130 Å². The molecule has 0 radical (unpaired) electrons. The average molecular weight is 358 g/mol. The molecule has 0 amide bonds. The van der Waals surface area contributed by atoms with Crippen LogP contribution in [0.3, 0.4) is 0 Å².